The summed E-state index contributed by atoms with van der Waals surface area (Å²) in [6.07, 6.45) is 7.10. The molecule has 3 nitrogen and oxygen atoms in total. The van der Waals surface area contributed by atoms with E-state index in [0.717, 1.165) is 30.0 Å². The first-order valence-electron chi connectivity index (χ1n) is 8.82. The molecule has 3 atom stereocenters. The second kappa shape index (κ2) is 6.33. The van der Waals surface area contributed by atoms with E-state index in [0.29, 0.717) is 0 Å². The molecule has 2 heterocycles. The molecule has 1 saturated carbocycles. The summed E-state index contributed by atoms with van der Waals surface area (Å²) in [6.45, 7) is 9.92. The average Bonchev–Trinajstić information content (AvgIpc) is 2.38. The number of likely N-dealkylation sites (N-methyl/N-ethyl adjacent to an activating group) is 1. The maximum absolute atomic E-state index is 4.08. The molecule has 3 aliphatic rings. The van der Waals surface area contributed by atoms with Gasteiger partial charge in [-0.05, 0) is 65.0 Å². The Morgan fingerprint density at radius 2 is 1.65 bits per heavy atom. The number of fused-ring (bicyclic) bond motifs is 2. The smallest absolute Gasteiger partial charge is 0.0198 e. The molecule has 2 aliphatic heterocycles. The molecule has 2 bridgehead atoms. The van der Waals surface area contributed by atoms with Gasteiger partial charge in [0, 0.05) is 37.8 Å². The minimum absolute atomic E-state index is 0.722. The Morgan fingerprint density at radius 3 is 2.25 bits per heavy atom. The molecule has 1 aliphatic carbocycles. The van der Waals surface area contributed by atoms with E-state index >= 15 is 0 Å². The monoisotopic (exact) mass is 279 g/mol. The van der Waals surface area contributed by atoms with Gasteiger partial charge >= 0.3 is 0 Å². The summed E-state index contributed by atoms with van der Waals surface area (Å²) in [5.74, 6) is 1.80. The van der Waals surface area contributed by atoms with Crippen LogP contribution >= 0.6 is 0 Å². The molecule has 0 amide bonds. The van der Waals surface area contributed by atoms with Gasteiger partial charge in [0.15, 0.2) is 0 Å². The summed E-state index contributed by atoms with van der Waals surface area (Å²) >= 11 is 0. The van der Waals surface area contributed by atoms with Crippen LogP contribution in [-0.2, 0) is 0 Å². The molecule has 0 aromatic heterocycles. The minimum atomic E-state index is 0.722. The lowest BCUT2D eigenvalue weighted by Crippen LogP contribution is -2.61. The maximum Gasteiger partial charge on any atom is 0.0198 e. The van der Waals surface area contributed by atoms with Gasteiger partial charge in [0.05, 0.1) is 0 Å². The highest BCUT2D eigenvalue weighted by atomic mass is 15.2. The zero-order chi connectivity index (χ0) is 14.1. The Hall–Kier alpha value is -0.120. The van der Waals surface area contributed by atoms with Crippen LogP contribution in [0, 0.1) is 11.8 Å². The van der Waals surface area contributed by atoms with Crippen molar-refractivity contribution >= 4 is 0 Å². The summed E-state index contributed by atoms with van der Waals surface area (Å²) < 4.78 is 0. The molecule has 116 valence electrons. The molecule has 20 heavy (non-hydrogen) atoms. The van der Waals surface area contributed by atoms with Crippen LogP contribution in [0.5, 0.6) is 0 Å². The topological polar surface area (TPSA) is 18.5 Å². The number of nitrogens with zero attached hydrogens (tertiary/aromatic N) is 2. The van der Waals surface area contributed by atoms with Crippen molar-refractivity contribution in [1.82, 2.24) is 15.1 Å². The Morgan fingerprint density at radius 1 is 0.950 bits per heavy atom. The van der Waals surface area contributed by atoms with Gasteiger partial charge in [-0.1, -0.05) is 6.42 Å². The molecule has 2 saturated heterocycles. The number of hydrogen-bond donors (Lipinski definition) is 1. The van der Waals surface area contributed by atoms with Crippen LogP contribution in [0.2, 0.25) is 0 Å². The van der Waals surface area contributed by atoms with Crippen LogP contribution in [0.4, 0.5) is 0 Å². The number of nitrogens with one attached hydrogen (secondary N) is 1. The van der Waals surface area contributed by atoms with E-state index in [1.807, 2.05) is 0 Å². The fourth-order valence-electron chi connectivity index (χ4n) is 4.74. The molecule has 0 aromatic rings. The van der Waals surface area contributed by atoms with Gasteiger partial charge in [-0.3, -0.25) is 0 Å². The van der Waals surface area contributed by atoms with Crippen molar-refractivity contribution in [2.75, 3.05) is 33.2 Å². The fourth-order valence-corrected chi connectivity index (χ4v) is 4.74. The normalized spacial score (nSPS) is 40.2. The van der Waals surface area contributed by atoms with Crippen molar-refractivity contribution in [2.45, 2.75) is 64.1 Å². The van der Waals surface area contributed by atoms with Crippen molar-refractivity contribution in [3.8, 4) is 0 Å². The van der Waals surface area contributed by atoms with E-state index in [2.05, 4.69) is 36.0 Å². The highest BCUT2D eigenvalue weighted by Gasteiger charge is 2.40. The molecule has 3 unspecified atom stereocenters. The average molecular weight is 279 g/mol. The lowest BCUT2D eigenvalue weighted by molar-refractivity contribution is 0.0206. The summed E-state index contributed by atoms with van der Waals surface area (Å²) in [4.78, 5) is 5.22. The van der Waals surface area contributed by atoms with Gasteiger partial charge < -0.3 is 15.1 Å². The van der Waals surface area contributed by atoms with E-state index in [-0.39, 0.29) is 0 Å². The van der Waals surface area contributed by atoms with Gasteiger partial charge in [-0.15, -0.1) is 0 Å². The maximum atomic E-state index is 4.08. The van der Waals surface area contributed by atoms with Crippen LogP contribution in [0.25, 0.3) is 0 Å². The van der Waals surface area contributed by atoms with Crippen molar-refractivity contribution in [3.63, 3.8) is 0 Å². The molecule has 3 rings (SSSR count). The first-order valence-corrected chi connectivity index (χ1v) is 8.82. The van der Waals surface area contributed by atoms with Gasteiger partial charge in [-0.25, -0.2) is 0 Å². The molecule has 0 aromatic carbocycles. The lowest BCUT2D eigenvalue weighted by Gasteiger charge is -2.50. The Bertz CT molecular complexity index is 303. The third kappa shape index (κ3) is 3.20. The number of likely N-dealkylation sites (tertiary alicyclic amines) is 2. The van der Waals surface area contributed by atoms with Crippen LogP contribution in [0.3, 0.4) is 0 Å². The second-order valence-corrected chi connectivity index (χ2v) is 7.79. The van der Waals surface area contributed by atoms with Gasteiger partial charge in [0.2, 0.25) is 0 Å². The van der Waals surface area contributed by atoms with Crippen molar-refractivity contribution in [2.24, 2.45) is 11.8 Å². The molecule has 1 N–H and O–H groups in total. The highest BCUT2D eigenvalue weighted by molar-refractivity contribution is 4.97. The van der Waals surface area contributed by atoms with Crippen LogP contribution < -0.4 is 5.32 Å². The largest absolute Gasteiger partial charge is 0.309 e. The predicted molar refractivity (Wildman–Crippen MR) is 85.0 cm³/mol. The van der Waals surface area contributed by atoms with Gasteiger partial charge in [0.25, 0.3) is 0 Å². The summed E-state index contributed by atoms with van der Waals surface area (Å²) in [5, 5.41) is 4.08. The van der Waals surface area contributed by atoms with E-state index in [4.69, 9.17) is 0 Å². The molecule has 3 fully saturated rings. The molecular formula is C17H33N3. The number of piperidine rings is 2. The first-order chi connectivity index (χ1) is 9.63. The van der Waals surface area contributed by atoms with Gasteiger partial charge in [0.1, 0.15) is 0 Å². The van der Waals surface area contributed by atoms with Crippen LogP contribution in [0.15, 0.2) is 0 Å². The lowest BCUT2D eigenvalue weighted by atomic mass is 9.72. The van der Waals surface area contributed by atoms with E-state index in [1.165, 1.54) is 58.3 Å². The summed E-state index contributed by atoms with van der Waals surface area (Å²) in [7, 11) is 2.27. The third-order valence-electron chi connectivity index (χ3n) is 5.89. The Labute approximate surface area is 125 Å². The van der Waals surface area contributed by atoms with E-state index in [1.54, 1.807) is 0 Å². The van der Waals surface area contributed by atoms with Crippen LogP contribution in [-0.4, -0.2) is 61.2 Å². The Kier molecular flexibility index (Phi) is 4.68. The van der Waals surface area contributed by atoms with Crippen molar-refractivity contribution in [1.29, 1.82) is 0 Å². The van der Waals surface area contributed by atoms with E-state index < -0.39 is 0 Å². The predicted octanol–water partition coefficient (Wildman–Crippen LogP) is 2.18. The fraction of sp³-hybridized carbons (Fsp3) is 1.00. The van der Waals surface area contributed by atoms with Gasteiger partial charge in [-0.2, -0.15) is 0 Å². The van der Waals surface area contributed by atoms with E-state index in [9.17, 15) is 0 Å². The molecule has 3 heteroatoms. The summed E-state index contributed by atoms with van der Waals surface area (Å²) in [6, 6.07) is 2.27. The standard InChI is InChI=1S/C17H33N3/c1-13(2)20-10-14-6-4-7-15(11-20)17(14)18-16-8-5-9-19(3)12-16/h13-18H,4-12H2,1-3H3. The number of rotatable bonds is 3. The quantitative estimate of drug-likeness (QED) is 0.854. The highest BCUT2D eigenvalue weighted by Crippen LogP contribution is 2.36. The van der Waals surface area contributed by atoms with Crippen molar-refractivity contribution in [3.05, 3.63) is 0 Å². The number of hydrogen-bond acceptors (Lipinski definition) is 3. The Balaban J connectivity index is 1.61. The zero-order valence-electron chi connectivity index (χ0n) is 13.6. The van der Waals surface area contributed by atoms with Crippen molar-refractivity contribution < 1.29 is 0 Å². The molecular weight excluding hydrogens is 246 g/mol. The first kappa shape index (κ1) is 14.8. The molecule has 0 radical (unpaired) electrons. The minimum Gasteiger partial charge on any atom is -0.309 e. The second-order valence-electron chi connectivity index (χ2n) is 7.79. The molecule has 0 spiro atoms. The van der Waals surface area contributed by atoms with Crippen LogP contribution in [0.1, 0.15) is 46.0 Å². The SMILES string of the molecule is CC(C)N1CC2CCCC(C1)C2NC1CCCN(C)C1. The zero-order valence-corrected chi connectivity index (χ0v) is 13.6. The summed E-state index contributed by atoms with van der Waals surface area (Å²) in [5.41, 5.74) is 0. The third-order valence-corrected chi connectivity index (χ3v) is 5.89.